The molecule has 0 aliphatic heterocycles. The van der Waals surface area contributed by atoms with Crippen molar-refractivity contribution in [2.45, 2.75) is 0 Å². The van der Waals surface area contributed by atoms with Gasteiger partial charge in [0.15, 0.2) is 0 Å². The Kier molecular flexibility index (Phi) is 5.53. The Morgan fingerprint density at radius 3 is 1.69 bits per heavy atom. The van der Waals surface area contributed by atoms with Crippen LogP contribution < -0.4 is 5.01 Å². The van der Waals surface area contributed by atoms with E-state index < -0.39 is 0 Å². The average molecular weight is 416 g/mol. The van der Waals surface area contributed by atoms with Gasteiger partial charge in [0, 0.05) is 11.1 Å². The second-order valence-corrected chi connectivity index (χ2v) is 7.09. The van der Waals surface area contributed by atoms with Gasteiger partial charge in [-0.1, -0.05) is 90.1 Å². The average Bonchev–Trinajstić information content (AvgIpc) is 3.37. The predicted molar refractivity (Wildman–Crippen MR) is 127 cm³/mol. The van der Waals surface area contributed by atoms with E-state index in [9.17, 15) is 0 Å². The van der Waals surface area contributed by atoms with E-state index in [0.717, 1.165) is 22.5 Å². The molecule has 1 heterocycles. The standard InChI is InChI=1S/C27H20N4O/c1-5-13-21(14-6-1)25(26-28-27(32-30-26)22-15-7-2-8-16-22)29-31(23-17-9-3-10-18-23)24-19-11-4-12-20-24/h1-20H/b29-25+. The normalized spacial score (nSPS) is 11.3. The third-order valence-electron chi connectivity index (χ3n) is 4.91. The minimum Gasteiger partial charge on any atom is -0.334 e. The Bertz CT molecular complexity index is 1260. The quantitative estimate of drug-likeness (QED) is 0.240. The highest BCUT2D eigenvalue weighted by Crippen LogP contribution is 2.27. The van der Waals surface area contributed by atoms with Crippen molar-refractivity contribution in [1.82, 2.24) is 10.1 Å². The van der Waals surface area contributed by atoms with Crippen LogP contribution in [-0.4, -0.2) is 15.9 Å². The van der Waals surface area contributed by atoms with Gasteiger partial charge in [0.2, 0.25) is 5.82 Å². The maximum Gasteiger partial charge on any atom is 0.258 e. The van der Waals surface area contributed by atoms with Crippen molar-refractivity contribution in [1.29, 1.82) is 0 Å². The molecule has 5 nitrogen and oxygen atoms in total. The minimum atomic E-state index is 0.423. The Labute approximate surface area is 186 Å². The number of hydrogen-bond acceptors (Lipinski definition) is 5. The summed E-state index contributed by atoms with van der Waals surface area (Å²) in [6.07, 6.45) is 0. The molecule has 0 aliphatic rings. The van der Waals surface area contributed by atoms with Crippen LogP contribution in [0.1, 0.15) is 11.4 Å². The van der Waals surface area contributed by atoms with Gasteiger partial charge in [-0.2, -0.15) is 10.1 Å². The van der Waals surface area contributed by atoms with Crippen molar-refractivity contribution >= 4 is 17.1 Å². The molecule has 0 fully saturated rings. The highest BCUT2D eigenvalue weighted by molar-refractivity contribution is 6.11. The predicted octanol–water partition coefficient (Wildman–Crippen LogP) is 6.33. The van der Waals surface area contributed by atoms with E-state index in [0.29, 0.717) is 17.4 Å². The number of para-hydroxylation sites is 2. The lowest BCUT2D eigenvalue weighted by Gasteiger charge is -2.20. The third-order valence-corrected chi connectivity index (χ3v) is 4.91. The van der Waals surface area contributed by atoms with Crippen LogP contribution in [0.5, 0.6) is 0 Å². The van der Waals surface area contributed by atoms with Gasteiger partial charge in [-0.3, -0.25) is 0 Å². The summed E-state index contributed by atoms with van der Waals surface area (Å²) in [6.45, 7) is 0. The van der Waals surface area contributed by atoms with E-state index >= 15 is 0 Å². The Hall–Kier alpha value is -4.51. The summed E-state index contributed by atoms with van der Waals surface area (Å²) in [7, 11) is 0. The molecule has 0 saturated carbocycles. The number of rotatable bonds is 6. The summed E-state index contributed by atoms with van der Waals surface area (Å²) >= 11 is 0. The summed E-state index contributed by atoms with van der Waals surface area (Å²) in [5.41, 5.74) is 4.23. The lowest BCUT2D eigenvalue weighted by molar-refractivity contribution is 0.429. The third kappa shape index (κ3) is 4.18. The van der Waals surface area contributed by atoms with Crippen LogP contribution in [0.25, 0.3) is 11.5 Å². The van der Waals surface area contributed by atoms with E-state index in [1.54, 1.807) is 0 Å². The van der Waals surface area contributed by atoms with Crippen molar-refractivity contribution in [2.24, 2.45) is 5.10 Å². The second-order valence-electron chi connectivity index (χ2n) is 7.09. The lowest BCUT2D eigenvalue weighted by atomic mass is 10.1. The van der Waals surface area contributed by atoms with E-state index in [1.165, 1.54) is 0 Å². The van der Waals surface area contributed by atoms with Crippen LogP contribution in [0.2, 0.25) is 0 Å². The SMILES string of the molecule is c1ccc(/C(=N\N(c2ccccc2)c2ccccc2)c2noc(-c3ccccc3)n2)cc1. The molecule has 0 bridgehead atoms. The molecular weight excluding hydrogens is 396 g/mol. The zero-order valence-corrected chi connectivity index (χ0v) is 17.2. The zero-order valence-electron chi connectivity index (χ0n) is 17.2. The topological polar surface area (TPSA) is 54.5 Å². The van der Waals surface area contributed by atoms with Crippen LogP contribution in [0, 0.1) is 0 Å². The fourth-order valence-corrected chi connectivity index (χ4v) is 3.35. The molecule has 0 amide bonds. The highest BCUT2D eigenvalue weighted by atomic mass is 16.5. The zero-order chi connectivity index (χ0) is 21.6. The molecule has 0 radical (unpaired) electrons. The first-order chi connectivity index (χ1) is 15.9. The second kappa shape index (κ2) is 9.10. The molecule has 0 spiro atoms. The summed E-state index contributed by atoms with van der Waals surface area (Å²) in [5.74, 6) is 0.877. The Morgan fingerprint density at radius 2 is 1.12 bits per heavy atom. The van der Waals surface area contributed by atoms with Gasteiger partial charge in [0.25, 0.3) is 5.89 Å². The fraction of sp³-hybridized carbons (Fsp3) is 0. The van der Waals surface area contributed by atoms with E-state index in [-0.39, 0.29) is 0 Å². The summed E-state index contributed by atoms with van der Waals surface area (Å²) < 4.78 is 5.59. The molecule has 1 aromatic heterocycles. The number of anilines is 2. The number of hydrazone groups is 1. The van der Waals surface area contributed by atoms with Gasteiger partial charge < -0.3 is 4.52 Å². The largest absolute Gasteiger partial charge is 0.334 e. The van der Waals surface area contributed by atoms with Gasteiger partial charge in [0.1, 0.15) is 5.71 Å². The smallest absolute Gasteiger partial charge is 0.258 e. The fourth-order valence-electron chi connectivity index (χ4n) is 3.35. The summed E-state index contributed by atoms with van der Waals surface area (Å²) in [4.78, 5) is 4.66. The molecule has 4 aromatic carbocycles. The molecule has 0 saturated heterocycles. The van der Waals surface area contributed by atoms with Gasteiger partial charge >= 0.3 is 0 Å². The first kappa shape index (κ1) is 19.5. The van der Waals surface area contributed by atoms with E-state index in [4.69, 9.17) is 9.62 Å². The minimum absolute atomic E-state index is 0.423. The molecule has 5 rings (SSSR count). The van der Waals surface area contributed by atoms with E-state index in [2.05, 4.69) is 10.1 Å². The maximum absolute atomic E-state index is 5.59. The van der Waals surface area contributed by atoms with Crippen LogP contribution in [0.3, 0.4) is 0 Å². The van der Waals surface area contributed by atoms with Gasteiger partial charge in [-0.15, -0.1) is 0 Å². The molecule has 5 heteroatoms. The van der Waals surface area contributed by atoms with Gasteiger partial charge in [0.05, 0.1) is 11.4 Å². The molecule has 154 valence electrons. The van der Waals surface area contributed by atoms with Crippen LogP contribution in [-0.2, 0) is 0 Å². The van der Waals surface area contributed by atoms with Crippen molar-refractivity contribution in [2.75, 3.05) is 5.01 Å². The van der Waals surface area contributed by atoms with Crippen molar-refractivity contribution in [3.8, 4) is 11.5 Å². The Balaban J connectivity index is 1.66. The van der Waals surface area contributed by atoms with Crippen LogP contribution in [0.4, 0.5) is 11.4 Å². The Morgan fingerprint density at radius 1 is 0.625 bits per heavy atom. The number of nitrogens with zero attached hydrogens (tertiary/aromatic N) is 4. The highest BCUT2D eigenvalue weighted by Gasteiger charge is 2.19. The monoisotopic (exact) mass is 416 g/mol. The van der Waals surface area contributed by atoms with Crippen molar-refractivity contribution in [3.63, 3.8) is 0 Å². The molecule has 32 heavy (non-hydrogen) atoms. The molecule has 0 N–H and O–H groups in total. The van der Waals surface area contributed by atoms with Crippen LogP contribution in [0.15, 0.2) is 131 Å². The first-order valence-corrected chi connectivity index (χ1v) is 10.3. The molecule has 0 atom stereocenters. The van der Waals surface area contributed by atoms with Gasteiger partial charge in [-0.25, -0.2) is 5.01 Å². The lowest BCUT2D eigenvalue weighted by Crippen LogP contribution is -2.16. The molecule has 5 aromatic rings. The van der Waals surface area contributed by atoms with E-state index in [1.807, 2.05) is 126 Å². The number of hydrogen-bond donors (Lipinski definition) is 0. The molecule has 0 unspecified atom stereocenters. The summed E-state index contributed by atoms with van der Waals surface area (Å²) in [6, 6.07) is 39.6. The van der Waals surface area contributed by atoms with Crippen molar-refractivity contribution < 1.29 is 4.52 Å². The molecule has 0 aliphatic carbocycles. The summed E-state index contributed by atoms with van der Waals surface area (Å²) in [5, 5.41) is 11.2. The van der Waals surface area contributed by atoms with Crippen molar-refractivity contribution in [3.05, 3.63) is 133 Å². The maximum atomic E-state index is 5.59. The van der Waals surface area contributed by atoms with Crippen LogP contribution >= 0.6 is 0 Å². The van der Waals surface area contributed by atoms with Gasteiger partial charge in [-0.05, 0) is 36.4 Å². The first-order valence-electron chi connectivity index (χ1n) is 10.3. The number of benzene rings is 4. The molecular formula is C27H20N4O. The number of aromatic nitrogens is 2.